The molecule has 1 aliphatic carbocycles. The van der Waals surface area contributed by atoms with E-state index in [2.05, 4.69) is 22.6 Å². The van der Waals surface area contributed by atoms with Crippen LogP contribution >= 0.6 is 22.6 Å². The Bertz CT molecular complexity index is 635. The van der Waals surface area contributed by atoms with Crippen molar-refractivity contribution in [3.8, 4) is 0 Å². The predicted molar refractivity (Wildman–Crippen MR) is 88.5 cm³/mol. The van der Waals surface area contributed by atoms with E-state index in [4.69, 9.17) is 0 Å². The third-order valence-electron chi connectivity index (χ3n) is 3.61. The maximum Gasteiger partial charge on any atom is 0.254 e. The van der Waals surface area contributed by atoms with Gasteiger partial charge in [-0.3, -0.25) is 4.79 Å². The SMILES string of the molecule is O=C(c1ccc(I)cc1)N(Cc1ccc(F)cc1)C1CC1. The second-order valence-corrected chi connectivity index (χ2v) is 6.54. The fraction of sp³-hybridized carbons (Fsp3) is 0.235. The standard InChI is InChI=1S/C17H15FINO/c18-14-5-1-12(2-6-14)11-20(16-9-10-16)17(21)13-3-7-15(19)8-4-13/h1-8,16H,9-11H2. The summed E-state index contributed by atoms with van der Waals surface area (Å²) in [6.07, 6.45) is 2.11. The van der Waals surface area contributed by atoms with Crippen LogP contribution in [0.2, 0.25) is 0 Å². The van der Waals surface area contributed by atoms with Crippen molar-refractivity contribution in [1.29, 1.82) is 0 Å². The molecule has 2 aromatic carbocycles. The van der Waals surface area contributed by atoms with E-state index in [0.717, 1.165) is 22.0 Å². The summed E-state index contributed by atoms with van der Waals surface area (Å²) in [6.45, 7) is 0.537. The van der Waals surface area contributed by atoms with Crippen molar-refractivity contribution in [2.24, 2.45) is 0 Å². The zero-order valence-corrected chi connectivity index (χ0v) is 13.6. The lowest BCUT2D eigenvalue weighted by Crippen LogP contribution is -2.32. The summed E-state index contributed by atoms with van der Waals surface area (Å²) < 4.78 is 14.1. The number of carbonyl (C=O) groups excluding carboxylic acids is 1. The number of hydrogen-bond donors (Lipinski definition) is 0. The van der Waals surface area contributed by atoms with Crippen LogP contribution in [0.1, 0.15) is 28.8 Å². The van der Waals surface area contributed by atoms with Gasteiger partial charge >= 0.3 is 0 Å². The summed E-state index contributed by atoms with van der Waals surface area (Å²) >= 11 is 2.22. The molecule has 2 aromatic rings. The van der Waals surface area contributed by atoms with Crippen molar-refractivity contribution in [3.63, 3.8) is 0 Å². The summed E-state index contributed by atoms with van der Waals surface area (Å²) in [5.41, 5.74) is 1.67. The summed E-state index contributed by atoms with van der Waals surface area (Å²) in [4.78, 5) is 14.6. The van der Waals surface area contributed by atoms with E-state index in [9.17, 15) is 9.18 Å². The van der Waals surface area contributed by atoms with Crippen LogP contribution in [-0.2, 0) is 6.54 Å². The molecule has 0 heterocycles. The van der Waals surface area contributed by atoms with Crippen LogP contribution in [0, 0.1) is 9.39 Å². The minimum Gasteiger partial charge on any atom is -0.331 e. The van der Waals surface area contributed by atoms with Gasteiger partial charge in [-0.1, -0.05) is 12.1 Å². The Hall–Kier alpha value is -1.43. The lowest BCUT2D eigenvalue weighted by atomic mass is 10.1. The highest BCUT2D eigenvalue weighted by Gasteiger charge is 2.33. The number of amides is 1. The highest BCUT2D eigenvalue weighted by molar-refractivity contribution is 14.1. The van der Waals surface area contributed by atoms with Crippen LogP contribution in [-0.4, -0.2) is 16.8 Å². The van der Waals surface area contributed by atoms with Crippen molar-refractivity contribution in [2.45, 2.75) is 25.4 Å². The summed E-state index contributed by atoms with van der Waals surface area (Å²) in [6, 6.07) is 14.3. The van der Waals surface area contributed by atoms with Crippen molar-refractivity contribution in [2.75, 3.05) is 0 Å². The number of halogens is 2. The normalized spacial score (nSPS) is 14.0. The van der Waals surface area contributed by atoms with Crippen LogP contribution in [0.5, 0.6) is 0 Å². The highest BCUT2D eigenvalue weighted by atomic mass is 127. The van der Waals surface area contributed by atoms with Crippen molar-refractivity contribution in [3.05, 3.63) is 69.0 Å². The first kappa shape index (κ1) is 14.5. The largest absolute Gasteiger partial charge is 0.331 e. The number of nitrogens with zero attached hydrogens (tertiary/aromatic N) is 1. The fourth-order valence-corrected chi connectivity index (χ4v) is 2.66. The topological polar surface area (TPSA) is 20.3 Å². The fourth-order valence-electron chi connectivity index (χ4n) is 2.30. The third-order valence-corrected chi connectivity index (χ3v) is 4.33. The quantitative estimate of drug-likeness (QED) is 0.710. The van der Waals surface area contributed by atoms with Gasteiger partial charge in [0.1, 0.15) is 5.82 Å². The molecule has 0 aromatic heterocycles. The molecular weight excluding hydrogens is 380 g/mol. The Labute approximate surface area is 137 Å². The smallest absolute Gasteiger partial charge is 0.254 e. The van der Waals surface area contributed by atoms with Gasteiger partial charge in [-0.05, 0) is 77.4 Å². The first-order valence-corrected chi connectivity index (χ1v) is 8.02. The molecule has 1 fully saturated rings. The number of benzene rings is 2. The molecule has 0 saturated heterocycles. The molecule has 0 bridgehead atoms. The lowest BCUT2D eigenvalue weighted by Gasteiger charge is -2.22. The number of hydrogen-bond acceptors (Lipinski definition) is 1. The maximum absolute atomic E-state index is 13.0. The maximum atomic E-state index is 13.0. The molecule has 3 rings (SSSR count). The molecule has 0 aliphatic heterocycles. The molecule has 1 amide bonds. The van der Waals surface area contributed by atoms with Crippen LogP contribution in [0.4, 0.5) is 4.39 Å². The Morgan fingerprint density at radius 1 is 1.10 bits per heavy atom. The second-order valence-electron chi connectivity index (χ2n) is 5.30. The van der Waals surface area contributed by atoms with Gasteiger partial charge in [-0.25, -0.2) is 4.39 Å². The van der Waals surface area contributed by atoms with Gasteiger partial charge in [-0.2, -0.15) is 0 Å². The van der Waals surface area contributed by atoms with Crippen LogP contribution < -0.4 is 0 Å². The zero-order chi connectivity index (χ0) is 14.8. The molecule has 2 nitrogen and oxygen atoms in total. The Kier molecular flexibility index (Phi) is 4.24. The van der Waals surface area contributed by atoms with Gasteiger partial charge in [0.25, 0.3) is 5.91 Å². The van der Waals surface area contributed by atoms with E-state index in [1.54, 1.807) is 12.1 Å². The molecule has 0 unspecified atom stereocenters. The molecule has 4 heteroatoms. The van der Waals surface area contributed by atoms with E-state index in [1.165, 1.54) is 12.1 Å². The molecule has 0 spiro atoms. The summed E-state index contributed by atoms with van der Waals surface area (Å²) in [5, 5.41) is 0. The molecule has 0 atom stereocenters. The molecule has 1 aliphatic rings. The lowest BCUT2D eigenvalue weighted by molar-refractivity contribution is 0.0730. The van der Waals surface area contributed by atoms with Gasteiger partial charge in [0.2, 0.25) is 0 Å². The van der Waals surface area contributed by atoms with Crippen molar-refractivity contribution >= 4 is 28.5 Å². The van der Waals surface area contributed by atoms with Crippen LogP contribution in [0.25, 0.3) is 0 Å². The predicted octanol–water partition coefficient (Wildman–Crippen LogP) is 4.24. The average Bonchev–Trinajstić information content (AvgIpc) is 3.31. The monoisotopic (exact) mass is 395 g/mol. The van der Waals surface area contributed by atoms with Crippen LogP contribution in [0.15, 0.2) is 48.5 Å². The zero-order valence-electron chi connectivity index (χ0n) is 11.4. The van der Waals surface area contributed by atoms with E-state index in [0.29, 0.717) is 18.2 Å². The van der Waals surface area contributed by atoms with E-state index >= 15 is 0 Å². The minimum absolute atomic E-state index is 0.0539. The summed E-state index contributed by atoms with van der Waals surface area (Å²) in [7, 11) is 0. The minimum atomic E-state index is -0.249. The van der Waals surface area contributed by atoms with Crippen LogP contribution in [0.3, 0.4) is 0 Å². The van der Waals surface area contributed by atoms with Gasteiger partial charge in [0.15, 0.2) is 0 Å². The molecule has 0 N–H and O–H groups in total. The Morgan fingerprint density at radius 3 is 2.29 bits per heavy atom. The molecular formula is C17H15FINO. The number of carbonyl (C=O) groups is 1. The van der Waals surface area contributed by atoms with E-state index < -0.39 is 0 Å². The van der Waals surface area contributed by atoms with E-state index in [-0.39, 0.29) is 11.7 Å². The molecule has 108 valence electrons. The Balaban J connectivity index is 1.79. The van der Waals surface area contributed by atoms with Crippen molar-refractivity contribution < 1.29 is 9.18 Å². The highest BCUT2D eigenvalue weighted by Crippen LogP contribution is 2.30. The van der Waals surface area contributed by atoms with Gasteiger partial charge < -0.3 is 4.90 Å². The number of rotatable bonds is 4. The van der Waals surface area contributed by atoms with Gasteiger partial charge in [0.05, 0.1) is 0 Å². The average molecular weight is 395 g/mol. The summed E-state index contributed by atoms with van der Waals surface area (Å²) in [5.74, 6) is -0.195. The first-order chi connectivity index (χ1) is 10.1. The first-order valence-electron chi connectivity index (χ1n) is 6.94. The van der Waals surface area contributed by atoms with Gasteiger partial charge in [0, 0.05) is 21.7 Å². The molecule has 0 radical (unpaired) electrons. The Morgan fingerprint density at radius 2 is 1.71 bits per heavy atom. The third kappa shape index (κ3) is 3.61. The van der Waals surface area contributed by atoms with E-state index in [1.807, 2.05) is 29.2 Å². The van der Waals surface area contributed by atoms with Gasteiger partial charge in [-0.15, -0.1) is 0 Å². The van der Waals surface area contributed by atoms with Crippen molar-refractivity contribution in [1.82, 2.24) is 4.90 Å². The second kappa shape index (κ2) is 6.13. The molecule has 21 heavy (non-hydrogen) atoms. The molecule has 1 saturated carbocycles.